The van der Waals surface area contributed by atoms with Crippen LogP contribution in [-0.4, -0.2) is 86.3 Å². The predicted molar refractivity (Wildman–Crippen MR) is 162 cm³/mol. The number of Topliss-reactive ketones (excluding diaryl/α,β-unsaturated/α-hetero) is 1. The van der Waals surface area contributed by atoms with Crippen LogP contribution >= 0.6 is 0 Å². The highest BCUT2D eigenvalue weighted by atomic mass is 16.6. The molecule has 0 spiro atoms. The van der Waals surface area contributed by atoms with Crippen molar-refractivity contribution < 1.29 is 38.4 Å². The fraction of sp³-hybridized carbons (Fsp3) is 0.353. The lowest BCUT2D eigenvalue weighted by Crippen LogP contribution is -2.39. The van der Waals surface area contributed by atoms with Crippen molar-refractivity contribution in [1.29, 1.82) is 0 Å². The number of methoxy groups -OCH3 is 1. The summed E-state index contributed by atoms with van der Waals surface area (Å²) in [5, 5.41) is 11.6. The van der Waals surface area contributed by atoms with Crippen molar-refractivity contribution in [2.24, 2.45) is 0 Å². The summed E-state index contributed by atoms with van der Waals surface area (Å²) >= 11 is 0. The van der Waals surface area contributed by atoms with Crippen molar-refractivity contribution >= 4 is 17.4 Å². The fourth-order valence-corrected chi connectivity index (χ4v) is 5.80. The normalized spacial score (nSPS) is 19.7. The minimum absolute atomic E-state index is 0.0121. The van der Waals surface area contributed by atoms with Crippen LogP contribution in [0.1, 0.15) is 29.2 Å². The van der Waals surface area contributed by atoms with Crippen LogP contribution < -0.4 is 18.9 Å². The highest BCUT2D eigenvalue weighted by Crippen LogP contribution is 2.43. The van der Waals surface area contributed by atoms with E-state index in [4.69, 9.17) is 23.7 Å². The number of nitrogens with zero attached hydrogens (tertiary/aromatic N) is 2. The minimum Gasteiger partial charge on any atom is -0.507 e. The zero-order valence-corrected chi connectivity index (χ0v) is 24.7. The highest BCUT2D eigenvalue weighted by molar-refractivity contribution is 6.46. The minimum atomic E-state index is -0.829. The SMILES string of the molecule is COc1cc(C2/C(=C(/O)c3ccc4c(c3)OCCO4)C(=O)C(=O)N2CCCN2CCOCC2)ccc1OCc1ccccc1. The summed E-state index contributed by atoms with van der Waals surface area (Å²) in [7, 11) is 1.54. The number of amides is 1. The van der Waals surface area contributed by atoms with Crippen molar-refractivity contribution in [3.05, 3.63) is 89.0 Å². The summed E-state index contributed by atoms with van der Waals surface area (Å²) in [6.45, 7) is 5.26. The van der Waals surface area contributed by atoms with Crippen LogP contribution in [0.5, 0.6) is 23.0 Å². The van der Waals surface area contributed by atoms with E-state index in [0.717, 1.165) is 25.2 Å². The quantitative estimate of drug-likeness (QED) is 0.208. The molecular weight excluding hydrogens is 564 g/mol. The molecule has 0 aliphatic carbocycles. The second-order valence-corrected chi connectivity index (χ2v) is 10.8. The topological polar surface area (TPSA) is 107 Å². The molecule has 1 atom stereocenters. The number of fused-ring (bicyclic) bond motifs is 1. The number of morpholine rings is 1. The lowest BCUT2D eigenvalue weighted by Gasteiger charge is -2.29. The van der Waals surface area contributed by atoms with E-state index >= 15 is 0 Å². The zero-order valence-electron chi connectivity index (χ0n) is 24.7. The average Bonchev–Trinajstić information content (AvgIpc) is 3.32. The first-order chi connectivity index (χ1) is 21.5. The Morgan fingerprint density at radius 2 is 1.66 bits per heavy atom. The van der Waals surface area contributed by atoms with Gasteiger partial charge in [-0.05, 0) is 47.9 Å². The zero-order chi connectivity index (χ0) is 30.5. The maximum atomic E-state index is 13.6. The molecule has 0 aromatic heterocycles. The van der Waals surface area contributed by atoms with Gasteiger partial charge in [0.1, 0.15) is 25.6 Å². The van der Waals surface area contributed by atoms with Gasteiger partial charge in [0.05, 0.1) is 31.9 Å². The summed E-state index contributed by atoms with van der Waals surface area (Å²) in [4.78, 5) is 31.0. The Morgan fingerprint density at radius 3 is 2.43 bits per heavy atom. The number of ether oxygens (including phenoxy) is 5. The first kappa shape index (κ1) is 29.5. The van der Waals surface area contributed by atoms with E-state index < -0.39 is 17.7 Å². The number of hydrogen-bond acceptors (Lipinski definition) is 9. The van der Waals surface area contributed by atoms with Crippen molar-refractivity contribution in [1.82, 2.24) is 9.80 Å². The standard InChI is InChI=1S/C34H36N2O8/c1-40-28-20-24(8-10-26(28)44-22-23-6-3-2-4-7-23)31-30(32(37)25-9-11-27-29(21-25)43-19-18-42-27)33(38)34(39)36(31)13-5-12-35-14-16-41-17-15-35/h2-4,6-11,20-21,31,37H,5,12-19,22H2,1H3/b32-30-. The smallest absolute Gasteiger partial charge is 0.295 e. The van der Waals surface area contributed by atoms with E-state index in [-0.39, 0.29) is 11.3 Å². The first-order valence-electron chi connectivity index (χ1n) is 14.9. The Bertz CT molecular complexity index is 1530. The van der Waals surface area contributed by atoms with Gasteiger partial charge >= 0.3 is 0 Å². The van der Waals surface area contributed by atoms with Gasteiger partial charge in [-0.2, -0.15) is 0 Å². The molecule has 10 heteroatoms. The van der Waals surface area contributed by atoms with E-state index in [2.05, 4.69) is 4.90 Å². The maximum absolute atomic E-state index is 13.6. The largest absolute Gasteiger partial charge is 0.507 e. The van der Waals surface area contributed by atoms with E-state index in [0.29, 0.717) is 80.1 Å². The van der Waals surface area contributed by atoms with E-state index in [1.165, 1.54) is 0 Å². The highest BCUT2D eigenvalue weighted by Gasteiger charge is 2.46. The summed E-state index contributed by atoms with van der Waals surface area (Å²) in [5.74, 6) is 0.343. The molecule has 3 aromatic rings. The molecule has 1 unspecified atom stereocenters. The molecule has 3 aliphatic rings. The summed E-state index contributed by atoms with van der Waals surface area (Å²) in [6, 6.07) is 19.3. The molecular formula is C34H36N2O8. The lowest BCUT2D eigenvalue weighted by atomic mass is 9.94. The van der Waals surface area contributed by atoms with E-state index in [1.54, 1.807) is 42.3 Å². The monoisotopic (exact) mass is 600 g/mol. The molecule has 0 radical (unpaired) electrons. The van der Waals surface area contributed by atoms with Gasteiger partial charge in [0, 0.05) is 31.7 Å². The van der Waals surface area contributed by atoms with Crippen molar-refractivity contribution in [3.8, 4) is 23.0 Å². The van der Waals surface area contributed by atoms with Gasteiger partial charge in [0.25, 0.3) is 11.7 Å². The number of hydrogen-bond donors (Lipinski definition) is 1. The van der Waals surface area contributed by atoms with Crippen LogP contribution in [0.25, 0.3) is 5.76 Å². The summed E-state index contributed by atoms with van der Waals surface area (Å²) in [6.07, 6.45) is 0.656. The molecule has 44 heavy (non-hydrogen) atoms. The maximum Gasteiger partial charge on any atom is 0.295 e. The van der Waals surface area contributed by atoms with Gasteiger partial charge < -0.3 is 33.7 Å². The summed E-state index contributed by atoms with van der Waals surface area (Å²) < 4.78 is 28.5. The van der Waals surface area contributed by atoms with Gasteiger partial charge in [-0.25, -0.2) is 0 Å². The van der Waals surface area contributed by atoms with Gasteiger partial charge in [0.15, 0.2) is 23.0 Å². The number of rotatable bonds is 10. The fourth-order valence-electron chi connectivity index (χ4n) is 5.80. The van der Waals surface area contributed by atoms with Crippen molar-refractivity contribution in [2.75, 3.05) is 59.7 Å². The number of aliphatic hydroxyl groups excluding tert-OH is 1. The summed E-state index contributed by atoms with van der Waals surface area (Å²) in [5.41, 5.74) is 2.00. The number of carbonyl (C=O) groups excluding carboxylic acids is 2. The molecule has 1 amide bonds. The van der Waals surface area contributed by atoms with Crippen LogP contribution in [0, 0.1) is 0 Å². The van der Waals surface area contributed by atoms with Gasteiger partial charge in [0.2, 0.25) is 0 Å². The Labute approximate surface area is 256 Å². The lowest BCUT2D eigenvalue weighted by molar-refractivity contribution is -0.140. The number of aliphatic hydroxyl groups is 1. The van der Waals surface area contributed by atoms with Crippen LogP contribution in [-0.2, 0) is 20.9 Å². The number of ketones is 1. The van der Waals surface area contributed by atoms with Crippen LogP contribution in [0.15, 0.2) is 72.3 Å². The average molecular weight is 601 g/mol. The molecule has 1 N–H and O–H groups in total. The molecule has 0 bridgehead atoms. The van der Waals surface area contributed by atoms with Gasteiger partial charge in [-0.1, -0.05) is 36.4 Å². The Morgan fingerprint density at radius 1 is 0.886 bits per heavy atom. The number of carbonyl (C=O) groups is 2. The van der Waals surface area contributed by atoms with Crippen LogP contribution in [0.4, 0.5) is 0 Å². The Balaban J connectivity index is 1.34. The second kappa shape index (κ2) is 13.4. The molecule has 3 aromatic carbocycles. The molecule has 6 rings (SSSR count). The van der Waals surface area contributed by atoms with Gasteiger partial charge in [-0.15, -0.1) is 0 Å². The molecule has 3 aliphatic heterocycles. The van der Waals surface area contributed by atoms with Crippen LogP contribution in [0.3, 0.4) is 0 Å². The molecule has 2 fully saturated rings. The third-order valence-electron chi connectivity index (χ3n) is 8.07. The second-order valence-electron chi connectivity index (χ2n) is 10.8. The van der Waals surface area contributed by atoms with E-state index in [1.807, 2.05) is 36.4 Å². The number of likely N-dealkylation sites (tertiary alicyclic amines) is 1. The molecule has 10 nitrogen and oxygen atoms in total. The number of benzene rings is 3. The molecule has 2 saturated heterocycles. The van der Waals surface area contributed by atoms with Gasteiger partial charge in [-0.3, -0.25) is 14.5 Å². The molecule has 230 valence electrons. The first-order valence-corrected chi connectivity index (χ1v) is 14.9. The van der Waals surface area contributed by atoms with Crippen molar-refractivity contribution in [2.45, 2.75) is 19.1 Å². The van der Waals surface area contributed by atoms with Crippen LogP contribution in [0.2, 0.25) is 0 Å². The Kier molecular flexibility index (Phi) is 8.99. The van der Waals surface area contributed by atoms with E-state index in [9.17, 15) is 14.7 Å². The third-order valence-corrected chi connectivity index (χ3v) is 8.07. The molecule has 3 heterocycles. The van der Waals surface area contributed by atoms with Crippen molar-refractivity contribution in [3.63, 3.8) is 0 Å². The predicted octanol–water partition coefficient (Wildman–Crippen LogP) is 4.19. The third kappa shape index (κ3) is 6.22. The molecule has 0 saturated carbocycles. The Hall–Kier alpha value is -4.54.